The lowest BCUT2D eigenvalue weighted by Gasteiger charge is -2.23. The average molecular weight is 340 g/mol. The maximum atomic E-state index is 5.62. The van der Waals surface area contributed by atoms with Crippen LogP contribution in [0, 0.1) is 0 Å². The molecule has 0 aliphatic carbocycles. The van der Waals surface area contributed by atoms with Gasteiger partial charge in [0.25, 0.3) is 0 Å². The minimum atomic E-state index is 0.323. The van der Waals surface area contributed by atoms with Crippen LogP contribution in [-0.2, 0) is 11.3 Å². The summed E-state index contributed by atoms with van der Waals surface area (Å²) in [7, 11) is 3.86. The van der Waals surface area contributed by atoms with E-state index < -0.39 is 0 Å². The minimum absolute atomic E-state index is 0.323. The number of ether oxygens (including phenoxy) is 1. The fraction of sp³-hybridized carbons (Fsp3) is 0.533. The van der Waals surface area contributed by atoms with E-state index in [1.807, 2.05) is 20.2 Å². The SMILES string of the molecule is CN=C(NCC1CCCO1)N(C)Cc1ccccc1Br. The van der Waals surface area contributed by atoms with Crippen molar-refractivity contribution in [2.24, 2.45) is 4.99 Å². The Morgan fingerprint density at radius 3 is 2.95 bits per heavy atom. The number of aliphatic imine (C=N–C) groups is 1. The Morgan fingerprint density at radius 2 is 2.30 bits per heavy atom. The molecule has 0 aromatic heterocycles. The summed E-state index contributed by atoms with van der Waals surface area (Å²) in [6.45, 7) is 2.53. The van der Waals surface area contributed by atoms with E-state index in [2.05, 4.69) is 49.3 Å². The predicted molar refractivity (Wildman–Crippen MR) is 85.9 cm³/mol. The zero-order valence-electron chi connectivity index (χ0n) is 12.1. The molecule has 0 saturated carbocycles. The Morgan fingerprint density at radius 1 is 1.50 bits per heavy atom. The number of guanidine groups is 1. The van der Waals surface area contributed by atoms with E-state index in [9.17, 15) is 0 Å². The molecule has 4 nitrogen and oxygen atoms in total. The van der Waals surface area contributed by atoms with E-state index >= 15 is 0 Å². The highest BCUT2D eigenvalue weighted by Crippen LogP contribution is 2.17. The maximum absolute atomic E-state index is 5.62. The molecule has 1 N–H and O–H groups in total. The summed E-state index contributed by atoms with van der Waals surface area (Å²) in [6.07, 6.45) is 2.62. The first-order chi connectivity index (χ1) is 9.70. The molecule has 5 heteroatoms. The fourth-order valence-corrected chi connectivity index (χ4v) is 2.76. The van der Waals surface area contributed by atoms with Crippen molar-refractivity contribution in [1.82, 2.24) is 10.2 Å². The quantitative estimate of drug-likeness (QED) is 0.676. The van der Waals surface area contributed by atoms with Gasteiger partial charge in [-0.1, -0.05) is 34.1 Å². The van der Waals surface area contributed by atoms with Crippen LogP contribution in [0.4, 0.5) is 0 Å². The number of halogens is 1. The molecule has 2 rings (SSSR count). The molecule has 1 atom stereocenters. The molecule has 110 valence electrons. The van der Waals surface area contributed by atoms with Gasteiger partial charge in [-0.3, -0.25) is 4.99 Å². The molecule has 1 unspecified atom stereocenters. The maximum Gasteiger partial charge on any atom is 0.193 e. The van der Waals surface area contributed by atoms with Gasteiger partial charge in [0.05, 0.1) is 6.10 Å². The molecule has 1 aromatic rings. The molecule has 1 saturated heterocycles. The third-order valence-electron chi connectivity index (χ3n) is 3.45. The molecule has 1 aliphatic heterocycles. The van der Waals surface area contributed by atoms with Gasteiger partial charge >= 0.3 is 0 Å². The van der Waals surface area contributed by atoms with E-state index in [-0.39, 0.29) is 0 Å². The zero-order valence-corrected chi connectivity index (χ0v) is 13.7. The van der Waals surface area contributed by atoms with Crippen LogP contribution in [0.25, 0.3) is 0 Å². The Hall–Kier alpha value is -1.07. The van der Waals surface area contributed by atoms with Crippen LogP contribution >= 0.6 is 15.9 Å². The molecular weight excluding hydrogens is 318 g/mol. The lowest BCUT2D eigenvalue weighted by molar-refractivity contribution is 0.113. The van der Waals surface area contributed by atoms with Gasteiger partial charge in [-0.15, -0.1) is 0 Å². The molecule has 0 bridgehead atoms. The van der Waals surface area contributed by atoms with Gasteiger partial charge in [-0.05, 0) is 24.5 Å². The standard InChI is InChI=1S/C15H22BrN3O/c1-17-15(18-10-13-7-5-9-20-13)19(2)11-12-6-3-4-8-14(12)16/h3-4,6,8,13H,5,7,9-11H2,1-2H3,(H,17,18). The van der Waals surface area contributed by atoms with Crippen molar-refractivity contribution in [3.63, 3.8) is 0 Å². The zero-order chi connectivity index (χ0) is 14.4. The second-order valence-electron chi connectivity index (χ2n) is 5.01. The van der Waals surface area contributed by atoms with Crippen LogP contribution in [0.5, 0.6) is 0 Å². The highest BCUT2D eigenvalue weighted by molar-refractivity contribution is 9.10. The summed E-state index contributed by atoms with van der Waals surface area (Å²) >= 11 is 3.58. The lowest BCUT2D eigenvalue weighted by atomic mass is 10.2. The Labute approximate surface area is 129 Å². The molecule has 1 aliphatic rings. The molecule has 0 radical (unpaired) electrons. The largest absolute Gasteiger partial charge is 0.376 e. The van der Waals surface area contributed by atoms with Crippen LogP contribution < -0.4 is 5.32 Å². The number of hydrogen-bond donors (Lipinski definition) is 1. The van der Waals surface area contributed by atoms with Gasteiger partial charge in [-0.2, -0.15) is 0 Å². The smallest absolute Gasteiger partial charge is 0.193 e. The molecule has 0 spiro atoms. The van der Waals surface area contributed by atoms with Gasteiger partial charge in [0, 0.05) is 38.3 Å². The predicted octanol–water partition coefficient (Wildman–Crippen LogP) is 2.64. The summed E-state index contributed by atoms with van der Waals surface area (Å²) in [6, 6.07) is 8.26. The van der Waals surface area contributed by atoms with Crippen molar-refractivity contribution in [2.45, 2.75) is 25.5 Å². The number of nitrogens with zero attached hydrogens (tertiary/aromatic N) is 2. The third kappa shape index (κ3) is 4.21. The number of hydrogen-bond acceptors (Lipinski definition) is 2. The van der Waals surface area contributed by atoms with Crippen molar-refractivity contribution in [1.29, 1.82) is 0 Å². The van der Waals surface area contributed by atoms with E-state index in [0.717, 1.165) is 43.0 Å². The van der Waals surface area contributed by atoms with Crippen LogP contribution in [-0.4, -0.2) is 44.2 Å². The van der Waals surface area contributed by atoms with Gasteiger partial charge < -0.3 is 15.0 Å². The molecule has 1 fully saturated rings. The van der Waals surface area contributed by atoms with Gasteiger partial charge in [0.15, 0.2) is 5.96 Å². The van der Waals surface area contributed by atoms with Crippen LogP contribution in [0.2, 0.25) is 0 Å². The van der Waals surface area contributed by atoms with Crippen LogP contribution in [0.1, 0.15) is 18.4 Å². The summed E-state index contributed by atoms with van der Waals surface area (Å²) in [4.78, 5) is 6.46. The number of benzene rings is 1. The highest BCUT2D eigenvalue weighted by atomic mass is 79.9. The Bertz CT molecular complexity index is 458. The topological polar surface area (TPSA) is 36.9 Å². The molecule has 1 heterocycles. The van der Waals surface area contributed by atoms with E-state index in [1.165, 1.54) is 5.56 Å². The number of nitrogens with one attached hydrogen (secondary N) is 1. The highest BCUT2D eigenvalue weighted by Gasteiger charge is 2.16. The second-order valence-corrected chi connectivity index (χ2v) is 5.86. The normalized spacial score (nSPS) is 19.1. The third-order valence-corrected chi connectivity index (χ3v) is 4.22. The first kappa shape index (κ1) is 15.3. The van der Waals surface area contributed by atoms with Crippen molar-refractivity contribution in [3.8, 4) is 0 Å². The molecule has 1 aromatic carbocycles. The first-order valence-electron chi connectivity index (χ1n) is 6.97. The van der Waals surface area contributed by atoms with Crippen molar-refractivity contribution >= 4 is 21.9 Å². The Kier molecular flexibility index (Phi) is 5.86. The second kappa shape index (κ2) is 7.64. The monoisotopic (exact) mass is 339 g/mol. The fourth-order valence-electron chi connectivity index (χ4n) is 2.35. The van der Waals surface area contributed by atoms with E-state index in [0.29, 0.717) is 6.10 Å². The van der Waals surface area contributed by atoms with Crippen molar-refractivity contribution < 1.29 is 4.74 Å². The summed E-state index contributed by atoms with van der Waals surface area (Å²) in [5.41, 5.74) is 1.25. The Balaban J connectivity index is 1.88. The van der Waals surface area contributed by atoms with Gasteiger partial charge in [0.1, 0.15) is 0 Å². The average Bonchev–Trinajstić information content (AvgIpc) is 2.95. The van der Waals surface area contributed by atoms with Crippen LogP contribution in [0.15, 0.2) is 33.7 Å². The summed E-state index contributed by atoms with van der Waals surface area (Å²) in [5, 5.41) is 3.39. The van der Waals surface area contributed by atoms with Crippen molar-refractivity contribution in [2.75, 3.05) is 27.2 Å². The van der Waals surface area contributed by atoms with Crippen molar-refractivity contribution in [3.05, 3.63) is 34.3 Å². The molecular formula is C15H22BrN3O. The summed E-state index contributed by atoms with van der Waals surface area (Å²) < 4.78 is 6.75. The molecule has 0 amide bonds. The molecule has 20 heavy (non-hydrogen) atoms. The van der Waals surface area contributed by atoms with Crippen LogP contribution in [0.3, 0.4) is 0 Å². The summed E-state index contributed by atoms with van der Waals surface area (Å²) in [5.74, 6) is 0.899. The number of rotatable bonds is 4. The first-order valence-corrected chi connectivity index (χ1v) is 7.77. The van der Waals surface area contributed by atoms with E-state index in [4.69, 9.17) is 4.74 Å². The van der Waals surface area contributed by atoms with Gasteiger partial charge in [-0.25, -0.2) is 0 Å². The van der Waals surface area contributed by atoms with Gasteiger partial charge in [0.2, 0.25) is 0 Å². The van der Waals surface area contributed by atoms with E-state index in [1.54, 1.807) is 0 Å². The lowest BCUT2D eigenvalue weighted by Crippen LogP contribution is -2.41. The minimum Gasteiger partial charge on any atom is -0.376 e.